The molecule has 0 amide bonds. The van der Waals surface area contributed by atoms with E-state index in [0.717, 1.165) is 10.9 Å². The lowest BCUT2D eigenvalue weighted by atomic mass is 10.1. The van der Waals surface area contributed by atoms with Crippen molar-refractivity contribution < 1.29 is 8.60 Å². The molecule has 7 heteroatoms. The molecule has 0 spiro atoms. The zero-order valence-electron chi connectivity index (χ0n) is 14.8. The number of guanidine groups is 1. The topological polar surface area (TPSA) is 53.5 Å². The van der Waals surface area contributed by atoms with Crippen LogP contribution in [0.15, 0.2) is 27.7 Å². The van der Waals surface area contributed by atoms with Crippen LogP contribution in [0.3, 0.4) is 0 Å². The van der Waals surface area contributed by atoms with Gasteiger partial charge >= 0.3 is 0 Å². The van der Waals surface area contributed by atoms with Gasteiger partial charge in [0.15, 0.2) is 5.96 Å². The highest BCUT2D eigenvalue weighted by molar-refractivity contribution is 9.10. The molecule has 0 aliphatic carbocycles. The van der Waals surface area contributed by atoms with Gasteiger partial charge < -0.3 is 10.6 Å². The van der Waals surface area contributed by atoms with Gasteiger partial charge in [0.25, 0.3) is 0 Å². The van der Waals surface area contributed by atoms with Gasteiger partial charge in [-0.15, -0.1) is 0 Å². The lowest BCUT2D eigenvalue weighted by Gasteiger charge is -2.18. The highest BCUT2D eigenvalue weighted by Crippen LogP contribution is 2.16. The van der Waals surface area contributed by atoms with E-state index in [9.17, 15) is 8.60 Å². The number of nitrogens with one attached hydrogen (secondary N) is 2. The van der Waals surface area contributed by atoms with Crippen molar-refractivity contribution in [1.82, 2.24) is 10.6 Å². The maximum Gasteiger partial charge on any atom is 0.191 e. The lowest BCUT2D eigenvalue weighted by molar-refractivity contribution is 0.602. The summed E-state index contributed by atoms with van der Waals surface area (Å²) in [5.41, 5.74) is 0.712. The highest BCUT2D eigenvalue weighted by atomic mass is 79.9. The molecule has 0 fully saturated rings. The normalized spacial score (nSPS) is 13.7. The largest absolute Gasteiger partial charge is 0.356 e. The first-order valence-electron chi connectivity index (χ1n) is 8.01. The molecule has 4 nitrogen and oxygen atoms in total. The summed E-state index contributed by atoms with van der Waals surface area (Å²) >= 11 is 3.25. The van der Waals surface area contributed by atoms with E-state index in [2.05, 4.69) is 31.6 Å². The van der Waals surface area contributed by atoms with Gasteiger partial charge in [-0.25, -0.2) is 4.39 Å². The first-order valence-corrected chi connectivity index (χ1v) is 10.1. The summed E-state index contributed by atoms with van der Waals surface area (Å²) in [6.45, 7) is 7.20. The minimum atomic E-state index is -0.883. The molecule has 0 aliphatic rings. The van der Waals surface area contributed by atoms with Gasteiger partial charge in [0, 0.05) is 45.9 Å². The van der Waals surface area contributed by atoms with Crippen LogP contribution in [0.1, 0.15) is 32.8 Å². The molecule has 1 rings (SSSR count). The summed E-state index contributed by atoms with van der Waals surface area (Å²) in [5.74, 6) is 1.07. The third-order valence-corrected chi connectivity index (χ3v) is 5.85. The Hall–Kier alpha value is -0.950. The van der Waals surface area contributed by atoms with E-state index in [4.69, 9.17) is 0 Å². The molecular formula is C17H27BrFN3OS. The standard InChI is InChI=1S/C17H27BrFN3OS/c1-17(2,3)24(23)11-10-22-16(20-4)21-9-5-6-13-7-8-14(18)12-15(13)19/h7-8,12H,5-6,9-11H2,1-4H3,(H2,20,21,22). The molecule has 0 saturated carbocycles. The van der Waals surface area contributed by atoms with Gasteiger partial charge in [-0.2, -0.15) is 0 Å². The van der Waals surface area contributed by atoms with Crippen molar-refractivity contribution in [2.75, 3.05) is 25.9 Å². The zero-order chi connectivity index (χ0) is 18.2. The van der Waals surface area contributed by atoms with Crippen molar-refractivity contribution in [2.45, 2.75) is 38.4 Å². The summed E-state index contributed by atoms with van der Waals surface area (Å²) in [5, 5.41) is 6.35. The van der Waals surface area contributed by atoms with E-state index < -0.39 is 10.8 Å². The highest BCUT2D eigenvalue weighted by Gasteiger charge is 2.18. The minimum absolute atomic E-state index is 0.184. The average Bonchev–Trinajstić information content (AvgIpc) is 2.50. The van der Waals surface area contributed by atoms with E-state index in [0.29, 0.717) is 36.8 Å². The number of aryl methyl sites for hydroxylation is 1. The van der Waals surface area contributed by atoms with Crippen molar-refractivity contribution in [3.05, 3.63) is 34.1 Å². The Kier molecular flexibility index (Phi) is 8.91. The molecule has 2 N–H and O–H groups in total. The molecule has 1 aromatic carbocycles. The quantitative estimate of drug-likeness (QED) is 0.405. The Labute approximate surface area is 155 Å². The van der Waals surface area contributed by atoms with Crippen LogP contribution in [-0.4, -0.2) is 40.8 Å². The van der Waals surface area contributed by atoms with E-state index in [-0.39, 0.29) is 10.6 Å². The Bertz CT molecular complexity index is 588. The van der Waals surface area contributed by atoms with Crippen LogP contribution in [0.5, 0.6) is 0 Å². The monoisotopic (exact) mass is 419 g/mol. The van der Waals surface area contributed by atoms with E-state index in [1.165, 1.54) is 6.07 Å². The molecule has 1 aromatic rings. The summed E-state index contributed by atoms with van der Waals surface area (Å²) in [6, 6.07) is 5.13. The molecule has 0 aromatic heterocycles. The van der Waals surface area contributed by atoms with Gasteiger partial charge in [0.05, 0.1) is 0 Å². The summed E-state index contributed by atoms with van der Waals surface area (Å²) < 4.78 is 26.3. The van der Waals surface area contributed by atoms with Crippen molar-refractivity contribution >= 4 is 32.7 Å². The summed E-state index contributed by atoms with van der Waals surface area (Å²) in [4.78, 5) is 4.14. The zero-order valence-corrected chi connectivity index (χ0v) is 17.2. The fourth-order valence-electron chi connectivity index (χ4n) is 2.00. The molecule has 136 valence electrons. The number of halogens is 2. The Morgan fingerprint density at radius 3 is 2.54 bits per heavy atom. The molecule has 0 radical (unpaired) electrons. The van der Waals surface area contributed by atoms with Crippen molar-refractivity contribution in [3.8, 4) is 0 Å². The predicted octanol–water partition coefficient (Wildman–Crippen LogP) is 3.23. The van der Waals surface area contributed by atoms with Crippen LogP contribution in [-0.2, 0) is 17.2 Å². The van der Waals surface area contributed by atoms with Crippen LogP contribution in [0, 0.1) is 5.82 Å². The fraction of sp³-hybridized carbons (Fsp3) is 0.588. The SMILES string of the molecule is CN=C(NCCCc1ccc(Br)cc1F)NCCS(=O)C(C)(C)C. The molecule has 0 bridgehead atoms. The van der Waals surface area contributed by atoms with Crippen molar-refractivity contribution in [2.24, 2.45) is 4.99 Å². The second-order valence-corrected chi connectivity index (χ2v) is 9.67. The van der Waals surface area contributed by atoms with E-state index in [1.807, 2.05) is 26.8 Å². The number of hydrogen-bond donors (Lipinski definition) is 2. The van der Waals surface area contributed by atoms with Gasteiger partial charge in [0.2, 0.25) is 0 Å². The number of hydrogen-bond acceptors (Lipinski definition) is 2. The summed E-state index contributed by atoms with van der Waals surface area (Å²) in [7, 11) is 0.815. The van der Waals surface area contributed by atoms with Crippen LogP contribution in [0.2, 0.25) is 0 Å². The molecular weight excluding hydrogens is 393 g/mol. The van der Waals surface area contributed by atoms with Gasteiger partial charge in [-0.05, 0) is 51.3 Å². The van der Waals surface area contributed by atoms with Crippen LogP contribution in [0.4, 0.5) is 4.39 Å². The average molecular weight is 420 g/mol. The maximum absolute atomic E-state index is 13.7. The fourth-order valence-corrected chi connectivity index (χ4v) is 3.23. The Morgan fingerprint density at radius 1 is 1.29 bits per heavy atom. The van der Waals surface area contributed by atoms with Gasteiger partial charge in [0.1, 0.15) is 5.82 Å². The van der Waals surface area contributed by atoms with Crippen LogP contribution < -0.4 is 10.6 Å². The van der Waals surface area contributed by atoms with E-state index >= 15 is 0 Å². The third-order valence-electron chi connectivity index (χ3n) is 3.42. The van der Waals surface area contributed by atoms with Gasteiger partial charge in [-0.3, -0.25) is 9.20 Å². The first-order chi connectivity index (χ1) is 11.2. The van der Waals surface area contributed by atoms with E-state index in [1.54, 1.807) is 13.1 Å². The predicted molar refractivity (Wildman–Crippen MR) is 105 cm³/mol. The number of aliphatic imine (C=N–C) groups is 1. The number of nitrogens with zero attached hydrogens (tertiary/aromatic N) is 1. The van der Waals surface area contributed by atoms with Crippen LogP contribution in [0.25, 0.3) is 0 Å². The second-order valence-electron chi connectivity index (χ2n) is 6.43. The molecule has 0 saturated heterocycles. The molecule has 0 aliphatic heterocycles. The molecule has 0 heterocycles. The summed E-state index contributed by atoms with van der Waals surface area (Å²) in [6.07, 6.45) is 1.46. The number of rotatable bonds is 7. The minimum Gasteiger partial charge on any atom is -0.356 e. The Morgan fingerprint density at radius 2 is 1.96 bits per heavy atom. The smallest absolute Gasteiger partial charge is 0.191 e. The molecule has 1 atom stereocenters. The molecule has 1 unspecified atom stereocenters. The lowest BCUT2D eigenvalue weighted by Crippen LogP contribution is -2.40. The second kappa shape index (κ2) is 10.1. The first kappa shape index (κ1) is 21.1. The maximum atomic E-state index is 13.7. The van der Waals surface area contributed by atoms with Crippen molar-refractivity contribution in [1.29, 1.82) is 0 Å². The number of benzene rings is 1. The van der Waals surface area contributed by atoms with Crippen molar-refractivity contribution in [3.63, 3.8) is 0 Å². The third kappa shape index (κ3) is 7.75. The molecule has 24 heavy (non-hydrogen) atoms. The van der Waals surface area contributed by atoms with Crippen LogP contribution >= 0.6 is 15.9 Å². The Balaban J connectivity index is 2.28. The van der Waals surface area contributed by atoms with Gasteiger partial charge in [-0.1, -0.05) is 22.0 Å².